The van der Waals surface area contributed by atoms with Crippen LogP contribution >= 0.6 is 0 Å². The maximum absolute atomic E-state index is 8.81. The Morgan fingerprint density at radius 3 is 2.67 bits per heavy atom. The second kappa shape index (κ2) is 4.53. The summed E-state index contributed by atoms with van der Waals surface area (Å²) in [6, 6.07) is 8.32. The molecule has 18 heavy (non-hydrogen) atoms. The molecular formula is C15H19N3. The molecule has 2 N–H and O–H groups in total. The first-order chi connectivity index (χ1) is 8.78. The van der Waals surface area contributed by atoms with Gasteiger partial charge in [0.05, 0.1) is 12.5 Å². The van der Waals surface area contributed by atoms with Crippen LogP contribution in [0.3, 0.4) is 0 Å². The van der Waals surface area contributed by atoms with Gasteiger partial charge < -0.3 is 10.6 Å². The van der Waals surface area contributed by atoms with Crippen molar-refractivity contribution < 1.29 is 0 Å². The van der Waals surface area contributed by atoms with Gasteiger partial charge in [-0.15, -0.1) is 0 Å². The fourth-order valence-corrected chi connectivity index (χ4v) is 3.47. The van der Waals surface area contributed by atoms with Crippen molar-refractivity contribution in [3.05, 3.63) is 23.8 Å². The maximum atomic E-state index is 8.81. The Balaban J connectivity index is 1.81. The smallest absolute Gasteiger partial charge is 0.0670 e. The largest absolute Gasteiger partial charge is 0.398 e. The van der Waals surface area contributed by atoms with Crippen LogP contribution in [0.1, 0.15) is 24.8 Å². The number of nitriles is 1. The summed E-state index contributed by atoms with van der Waals surface area (Å²) in [7, 11) is 0. The molecule has 3 heteroatoms. The summed E-state index contributed by atoms with van der Waals surface area (Å²) in [6.45, 7) is 2.36. The predicted octanol–water partition coefficient (Wildman–Crippen LogP) is 2.57. The summed E-state index contributed by atoms with van der Waals surface area (Å²) in [6.07, 6.45) is 4.59. The van der Waals surface area contributed by atoms with Crippen molar-refractivity contribution in [1.29, 1.82) is 5.26 Å². The van der Waals surface area contributed by atoms with Gasteiger partial charge in [-0.1, -0.05) is 6.42 Å². The molecule has 2 atom stereocenters. The molecule has 94 valence electrons. The average molecular weight is 241 g/mol. The lowest BCUT2D eigenvalue weighted by Crippen LogP contribution is -2.20. The van der Waals surface area contributed by atoms with Crippen molar-refractivity contribution in [2.24, 2.45) is 11.8 Å². The van der Waals surface area contributed by atoms with Crippen molar-refractivity contribution in [3.63, 3.8) is 0 Å². The zero-order valence-corrected chi connectivity index (χ0v) is 10.6. The lowest BCUT2D eigenvalue weighted by molar-refractivity contribution is 0.494. The van der Waals surface area contributed by atoms with E-state index < -0.39 is 0 Å². The Hall–Kier alpha value is -1.69. The second-order valence-electron chi connectivity index (χ2n) is 5.57. The molecule has 3 rings (SSSR count). The zero-order chi connectivity index (χ0) is 12.5. The quantitative estimate of drug-likeness (QED) is 0.810. The van der Waals surface area contributed by atoms with Gasteiger partial charge in [0.2, 0.25) is 0 Å². The third-order valence-corrected chi connectivity index (χ3v) is 4.49. The van der Waals surface area contributed by atoms with E-state index >= 15 is 0 Å². The molecule has 1 heterocycles. The molecule has 0 aromatic heterocycles. The fourth-order valence-electron chi connectivity index (χ4n) is 3.47. The van der Waals surface area contributed by atoms with Crippen LogP contribution in [0.25, 0.3) is 0 Å². The van der Waals surface area contributed by atoms with Gasteiger partial charge >= 0.3 is 0 Å². The summed E-state index contributed by atoms with van der Waals surface area (Å²) in [5.74, 6) is 1.78. The van der Waals surface area contributed by atoms with E-state index in [2.05, 4.69) is 23.1 Å². The summed E-state index contributed by atoms with van der Waals surface area (Å²) in [5, 5.41) is 8.81. The highest BCUT2D eigenvalue weighted by Gasteiger charge is 2.36. The second-order valence-corrected chi connectivity index (χ2v) is 5.57. The van der Waals surface area contributed by atoms with Crippen molar-refractivity contribution in [1.82, 2.24) is 0 Å². The van der Waals surface area contributed by atoms with Gasteiger partial charge in [0, 0.05) is 24.5 Å². The van der Waals surface area contributed by atoms with E-state index in [1.54, 1.807) is 0 Å². The van der Waals surface area contributed by atoms with E-state index in [-0.39, 0.29) is 0 Å². The number of nitrogens with two attached hydrogens (primary N) is 1. The van der Waals surface area contributed by atoms with Gasteiger partial charge in [0.15, 0.2) is 0 Å². The molecule has 1 aliphatic carbocycles. The van der Waals surface area contributed by atoms with Gasteiger partial charge in [0.25, 0.3) is 0 Å². The number of hydrogen-bond acceptors (Lipinski definition) is 3. The summed E-state index contributed by atoms with van der Waals surface area (Å²) in [5.41, 5.74) is 8.84. The molecule has 0 bridgehead atoms. The first-order valence-corrected chi connectivity index (χ1v) is 6.78. The highest BCUT2D eigenvalue weighted by molar-refractivity contribution is 5.59. The Bertz CT molecular complexity index is 477. The lowest BCUT2D eigenvalue weighted by atomic mass is 10.0. The van der Waals surface area contributed by atoms with Crippen LogP contribution in [-0.4, -0.2) is 13.1 Å². The molecule has 2 fully saturated rings. The molecule has 0 amide bonds. The summed E-state index contributed by atoms with van der Waals surface area (Å²) >= 11 is 0. The fraction of sp³-hybridized carbons (Fsp3) is 0.533. The number of anilines is 2. The van der Waals surface area contributed by atoms with Crippen LogP contribution in [0.4, 0.5) is 11.4 Å². The van der Waals surface area contributed by atoms with Crippen LogP contribution in [0.15, 0.2) is 18.2 Å². The van der Waals surface area contributed by atoms with Crippen molar-refractivity contribution in [2.75, 3.05) is 23.7 Å². The molecular weight excluding hydrogens is 222 g/mol. The van der Waals surface area contributed by atoms with Gasteiger partial charge in [-0.3, -0.25) is 0 Å². The molecule has 2 aliphatic rings. The number of rotatable bonds is 2. The highest BCUT2D eigenvalue weighted by atomic mass is 15.2. The van der Waals surface area contributed by atoms with Crippen LogP contribution in [-0.2, 0) is 6.42 Å². The van der Waals surface area contributed by atoms with E-state index in [9.17, 15) is 0 Å². The van der Waals surface area contributed by atoms with Gasteiger partial charge in [0.1, 0.15) is 0 Å². The Kier molecular flexibility index (Phi) is 2.87. The Morgan fingerprint density at radius 2 is 2.00 bits per heavy atom. The Morgan fingerprint density at radius 1 is 1.28 bits per heavy atom. The minimum Gasteiger partial charge on any atom is -0.398 e. The maximum Gasteiger partial charge on any atom is 0.0670 e. The SMILES string of the molecule is N#CCc1cc(N2CC3CCCC3C2)ccc1N. The third kappa shape index (κ3) is 1.92. The number of nitrogen functional groups attached to an aromatic ring is 1. The predicted molar refractivity (Wildman–Crippen MR) is 73.2 cm³/mol. The van der Waals surface area contributed by atoms with E-state index in [1.165, 1.54) is 38.0 Å². The third-order valence-electron chi connectivity index (χ3n) is 4.49. The van der Waals surface area contributed by atoms with Crippen LogP contribution < -0.4 is 10.6 Å². The number of fused-ring (bicyclic) bond motifs is 1. The summed E-state index contributed by atoms with van der Waals surface area (Å²) in [4.78, 5) is 2.47. The average Bonchev–Trinajstić information content (AvgIpc) is 2.92. The van der Waals surface area contributed by atoms with E-state index in [0.717, 1.165) is 23.1 Å². The van der Waals surface area contributed by atoms with Crippen LogP contribution in [0.5, 0.6) is 0 Å². The monoisotopic (exact) mass is 241 g/mol. The van der Waals surface area contributed by atoms with Crippen molar-refractivity contribution >= 4 is 11.4 Å². The van der Waals surface area contributed by atoms with Gasteiger partial charge in [-0.05, 0) is 48.4 Å². The summed E-state index contributed by atoms with van der Waals surface area (Å²) < 4.78 is 0. The van der Waals surface area contributed by atoms with Gasteiger partial charge in [-0.2, -0.15) is 5.26 Å². The highest BCUT2D eigenvalue weighted by Crippen LogP contribution is 2.39. The van der Waals surface area contributed by atoms with E-state index in [0.29, 0.717) is 6.42 Å². The molecule has 1 aliphatic heterocycles. The van der Waals surface area contributed by atoms with Crippen LogP contribution in [0.2, 0.25) is 0 Å². The molecule has 3 nitrogen and oxygen atoms in total. The molecule has 0 radical (unpaired) electrons. The minimum atomic E-state index is 0.403. The molecule has 1 aromatic rings. The normalized spacial score (nSPS) is 26.1. The molecule has 1 saturated carbocycles. The molecule has 2 unspecified atom stereocenters. The lowest BCUT2D eigenvalue weighted by Gasteiger charge is -2.20. The van der Waals surface area contributed by atoms with Crippen LogP contribution in [0, 0.1) is 23.2 Å². The van der Waals surface area contributed by atoms with E-state index in [4.69, 9.17) is 11.0 Å². The standard InChI is InChI=1S/C15H19N3/c16-7-6-11-8-14(4-5-15(11)17)18-9-12-2-1-3-13(12)10-18/h4-5,8,12-13H,1-3,6,9-10,17H2. The first kappa shape index (κ1) is 11.4. The molecule has 1 aromatic carbocycles. The number of hydrogen-bond donors (Lipinski definition) is 1. The topological polar surface area (TPSA) is 53.0 Å². The number of benzene rings is 1. The minimum absolute atomic E-state index is 0.403. The zero-order valence-electron chi connectivity index (χ0n) is 10.6. The molecule has 1 saturated heterocycles. The van der Waals surface area contributed by atoms with Gasteiger partial charge in [-0.25, -0.2) is 0 Å². The molecule has 0 spiro atoms. The number of nitrogens with zero attached hydrogens (tertiary/aromatic N) is 2. The van der Waals surface area contributed by atoms with E-state index in [1.807, 2.05) is 6.07 Å². The first-order valence-electron chi connectivity index (χ1n) is 6.78. The Labute approximate surface area is 108 Å². The van der Waals surface area contributed by atoms with Crippen molar-refractivity contribution in [2.45, 2.75) is 25.7 Å². The van der Waals surface area contributed by atoms with Crippen molar-refractivity contribution in [3.8, 4) is 6.07 Å².